The molecule has 3 aromatic rings. The number of benzene rings is 1. The fourth-order valence-corrected chi connectivity index (χ4v) is 4.11. The van der Waals surface area contributed by atoms with Gasteiger partial charge in [-0.1, -0.05) is 6.07 Å². The number of amides is 1. The second-order valence-corrected chi connectivity index (χ2v) is 9.54. The molecular formula is C26H30N6O3. The Hall–Kier alpha value is -4.06. The van der Waals surface area contributed by atoms with Crippen molar-refractivity contribution >= 4 is 17.6 Å². The van der Waals surface area contributed by atoms with Crippen LogP contribution in [0.25, 0.3) is 11.3 Å². The molecule has 0 unspecified atom stereocenters. The Bertz CT molecular complexity index is 1220. The lowest BCUT2D eigenvalue weighted by atomic mass is 9.88. The number of nitrogens with zero attached hydrogens (tertiary/aromatic N) is 4. The van der Waals surface area contributed by atoms with Gasteiger partial charge in [-0.2, -0.15) is 10.4 Å². The summed E-state index contributed by atoms with van der Waals surface area (Å²) in [7, 11) is 1.66. The Morgan fingerprint density at radius 1 is 1.20 bits per heavy atom. The van der Waals surface area contributed by atoms with E-state index in [9.17, 15) is 4.79 Å². The van der Waals surface area contributed by atoms with Crippen molar-refractivity contribution in [3.63, 3.8) is 0 Å². The van der Waals surface area contributed by atoms with Gasteiger partial charge >= 0.3 is 6.09 Å². The zero-order valence-electron chi connectivity index (χ0n) is 20.5. The van der Waals surface area contributed by atoms with Gasteiger partial charge in [-0.25, -0.2) is 9.78 Å². The lowest BCUT2D eigenvalue weighted by molar-refractivity contribution is 0.0205. The first kappa shape index (κ1) is 24.1. The number of methoxy groups -OCH3 is 1. The van der Waals surface area contributed by atoms with Crippen LogP contribution in [0.5, 0.6) is 5.75 Å². The fraction of sp³-hybridized carbons (Fsp3) is 0.385. The monoisotopic (exact) mass is 474 g/mol. The number of piperidine rings is 1. The number of carbonyl (C=O) groups excluding carboxylic acids is 1. The van der Waals surface area contributed by atoms with Crippen LogP contribution < -0.4 is 10.1 Å². The van der Waals surface area contributed by atoms with Crippen LogP contribution in [-0.2, 0) is 4.74 Å². The quantitative estimate of drug-likeness (QED) is 0.521. The second-order valence-electron chi connectivity index (χ2n) is 9.54. The number of nitrogens with one attached hydrogen (secondary N) is 2. The van der Waals surface area contributed by atoms with Crippen LogP contribution in [0.1, 0.15) is 50.8 Å². The summed E-state index contributed by atoms with van der Waals surface area (Å²) in [6.07, 6.45) is 3.09. The third-order valence-corrected chi connectivity index (χ3v) is 5.86. The van der Waals surface area contributed by atoms with Crippen LogP contribution in [0.15, 0.2) is 42.6 Å². The zero-order chi connectivity index (χ0) is 25.0. The standard InChI is InChI=1S/C26H30N6O3/c1-26(2,3)35-25(33)32-11-9-17(10-12-32)18-5-8-21(23(13-18)34-4)22-14-24(31-30-22)29-20-7-6-19(15-27)28-16-20/h5-8,13-14,16-17H,9-12H2,1-4H3,(H2,29,30,31). The van der Waals surface area contributed by atoms with Crippen molar-refractivity contribution in [2.75, 3.05) is 25.5 Å². The van der Waals surface area contributed by atoms with E-state index in [0.717, 1.165) is 35.5 Å². The molecule has 35 heavy (non-hydrogen) atoms. The summed E-state index contributed by atoms with van der Waals surface area (Å²) in [6.45, 7) is 6.99. The molecule has 1 saturated heterocycles. The van der Waals surface area contributed by atoms with Gasteiger partial charge in [-0.05, 0) is 69.4 Å². The van der Waals surface area contributed by atoms with Gasteiger partial charge in [-0.3, -0.25) is 5.10 Å². The molecule has 0 saturated carbocycles. The van der Waals surface area contributed by atoms with E-state index in [1.54, 1.807) is 30.3 Å². The Morgan fingerprint density at radius 3 is 2.60 bits per heavy atom. The van der Waals surface area contributed by atoms with E-state index < -0.39 is 5.60 Å². The Morgan fingerprint density at radius 2 is 1.97 bits per heavy atom. The van der Waals surface area contributed by atoms with Crippen molar-refractivity contribution in [1.29, 1.82) is 5.26 Å². The summed E-state index contributed by atoms with van der Waals surface area (Å²) >= 11 is 0. The number of H-pyrrole nitrogens is 1. The largest absolute Gasteiger partial charge is 0.496 e. The summed E-state index contributed by atoms with van der Waals surface area (Å²) in [4.78, 5) is 18.2. The molecule has 0 radical (unpaired) electrons. The first-order valence-electron chi connectivity index (χ1n) is 11.6. The summed E-state index contributed by atoms with van der Waals surface area (Å²) in [5, 5.41) is 19.4. The minimum atomic E-state index is -0.488. The van der Waals surface area contributed by atoms with E-state index in [0.29, 0.717) is 30.5 Å². The molecule has 2 N–H and O–H groups in total. The van der Waals surface area contributed by atoms with Crippen molar-refractivity contribution in [1.82, 2.24) is 20.1 Å². The molecule has 0 atom stereocenters. The van der Waals surface area contributed by atoms with Gasteiger partial charge in [0.15, 0.2) is 5.82 Å². The van der Waals surface area contributed by atoms with Gasteiger partial charge in [0, 0.05) is 24.7 Å². The van der Waals surface area contributed by atoms with Crippen LogP contribution in [0, 0.1) is 11.3 Å². The molecule has 9 heteroatoms. The molecule has 182 valence electrons. The summed E-state index contributed by atoms with van der Waals surface area (Å²) in [6, 6.07) is 13.6. The lowest BCUT2D eigenvalue weighted by Gasteiger charge is -2.33. The molecule has 0 aliphatic carbocycles. The van der Waals surface area contributed by atoms with Crippen molar-refractivity contribution in [3.05, 3.63) is 53.9 Å². The SMILES string of the molecule is COc1cc(C2CCN(C(=O)OC(C)(C)C)CC2)ccc1-c1cc(Nc2ccc(C#N)nc2)n[nH]1. The zero-order valence-corrected chi connectivity index (χ0v) is 20.5. The number of ether oxygens (including phenoxy) is 2. The maximum Gasteiger partial charge on any atom is 0.410 e. The van der Waals surface area contributed by atoms with E-state index in [-0.39, 0.29) is 6.09 Å². The molecule has 0 spiro atoms. The minimum absolute atomic E-state index is 0.246. The first-order valence-corrected chi connectivity index (χ1v) is 11.6. The van der Waals surface area contributed by atoms with Gasteiger partial charge in [0.2, 0.25) is 0 Å². The number of rotatable bonds is 5. The highest BCUT2D eigenvalue weighted by molar-refractivity contribution is 5.71. The average Bonchev–Trinajstić information content (AvgIpc) is 3.31. The number of likely N-dealkylation sites (tertiary alicyclic amines) is 1. The average molecular weight is 475 g/mol. The predicted octanol–water partition coefficient (Wildman–Crippen LogP) is 5.21. The van der Waals surface area contributed by atoms with Gasteiger partial charge < -0.3 is 19.7 Å². The Balaban J connectivity index is 1.43. The minimum Gasteiger partial charge on any atom is -0.496 e. The molecule has 1 fully saturated rings. The fourth-order valence-electron chi connectivity index (χ4n) is 4.11. The number of hydrogen-bond donors (Lipinski definition) is 2. The number of hydrogen-bond acceptors (Lipinski definition) is 7. The van der Waals surface area contributed by atoms with Gasteiger partial charge in [0.05, 0.1) is 24.7 Å². The van der Waals surface area contributed by atoms with Gasteiger partial charge in [0.25, 0.3) is 0 Å². The van der Waals surface area contributed by atoms with Crippen LogP contribution in [0.4, 0.5) is 16.3 Å². The maximum absolute atomic E-state index is 12.4. The highest BCUT2D eigenvalue weighted by Crippen LogP contribution is 2.36. The number of anilines is 2. The molecule has 0 bridgehead atoms. The van der Waals surface area contributed by atoms with Crippen molar-refractivity contribution < 1.29 is 14.3 Å². The number of aromatic nitrogens is 3. The summed E-state index contributed by atoms with van der Waals surface area (Å²) < 4.78 is 11.2. The second kappa shape index (κ2) is 10.1. The van der Waals surface area contributed by atoms with Crippen LogP contribution >= 0.6 is 0 Å². The maximum atomic E-state index is 12.4. The molecule has 1 aliphatic heterocycles. The summed E-state index contributed by atoms with van der Waals surface area (Å²) in [5.41, 5.74) is 3.52. The van der Waals surface area contributed by atoms with E-state index in [1.807, 2.05) is 39.0 Å². The van der Waals surface area contributed by atoms with E-state index in [4.69, 9.17) is 14.7 Å². The van der Waals surface area contributed by atoms with E-state index >= 15 is 0 Å². The summed E-state index contributed by atoms with van der Waals surface area (Å²) in [5.74, 6) is 1.74. The Kier molecular flexibility index (Phi) is 6.92. The van der Waals surface area contributed by atoms with Crippen LogP contribution in [0.3, 0.4) is 0 Å². The van der Waals surface area contributed by atoms with Gasteiger partial charge in [0.1, 0.15) is 23.1 Å². The van der Waals surface area contributed by atoms with Crippen molar-refractivity contribution in [2.24, 2.45) is 0 Å². The number of carbonyl (C=O) groups is 1. The van der Waals surface area contributed by atoms with Crippen molar-refractivity contribution in [2.45, 2.75) is 45.1 Å². The molecule has 1 aliphatic rings. The third kappa shape index (κ3) is 5.90. The lowest BCUT2D eigenvalue weighted by Crippen LogP contribution is -2.41. The number of nitriles is 1. The predicted molar refractivity (Wildman–Crippen MR) is 133 cm³/mol. The molecule has 4 rings (SSSR count). The molecule has 1 amide bonds. The first-order chi connectivity index (χ1) is 16.8. The molecule has 1 aromatic carbocycles. The van der Waals surface area contributed by atoms with Crippen LogP contribution in [-0.4, -0.2) is 52.0 Å². The highest BCUT2D eigenvalue weighted by Gasteiger charge is 2.28. The van der Waals surface area contributed by atoms with E-state index in [1.165, 1.54) is 5.56 Å². The van der Waals surface area contributed by atoms with E-state index in [2.05, 4.69) is 32.6 Å². The smallest absolute Gasteiger partial charge is 0.410 e. The number of aromatic amines is 1. The molecular weight excluding hydrogens is 444 g/mol. The molecule has 9 nitrogen and oxygen atoms in total. The number of pyridine rings is 1. The topological polar surface area (TPSA) is 116 Å². The normalized spacial score (nSPS) is 14.3. The van der Waals surface area contributed by atoms with Crippen molar-refractivity contribution in [3.8, 4) is 23.1 Å². The highest BCUT2D eigenvalue weighted by atomic mass is 16.6. The third-order valence-electron chi connectivity index (χ3n) is 5.86. The van der Waals surface area contributed by atoms with Crippen LogP contribution in [0.2, 0.25) is 0 Å². The molecule has 2 aromatic heterocycles. The Labute approximate surface area is 205 Å². The van der Waals surface area contributed by atoms with Gasteiger partial charge in [-0.15, -0.1) is 0 Å². The molecule has 3 heterocycles.